The Morgan fingerprint density at radius 1 is 0.900 bits per heavy atom. The Hall–Kier alpha value is -2.39. The van der Waals surface area contributed by atoms with E-state index in [2.05, 4.69) is 9.97 Å². The predicted octanol–water partition coefficient (Wildman–Crippen LogP) is 4.05. The summed E-state index contributed by atoms with van der Waals surface area (Å²) in [6, 6.07) is 17.3. The molecule has 0 atom stereocenters. The zero-order chi connectivity index (χ0) is 13.9. The molecule has 2 aromatic carbocycles. The quantitative estimate of drug-likeness (QED) is 0.771. The Morgan fingerprint density at radius 2 is 1.65 bits per heavy atom. The van der Waals surface area contributed by atoms with Gasteiger partial charge in [-0.2, -0.15) is 0 Å². The van der Waals surface area contributed by atoms with Crippen molar-refractivity contribution in [3.8, 4) is 22.6 Å². The Morgan fingerprint density at radius 3 is 2.40 bits per heavy atom. The van der Waals surface area contributed by atoms with E-state index in [1.165, 1.54) is 0 Å². The van der Waals surface area contributed by atoms with Gasteiger partial charge in [0, 0.05) is 16.1 Å². The molecule has 0 spiro atoms. The van der Waals surface area contributed by atoms with Crippen LogP contribution in [0.15, 0.2) is 60.8 Å². The fraction of sp³-hybridized carbons (Fsp3) is 0. The van der Waals surface area contributed by atoms with Gasteiger partial charge in [0.1, 0.15) is 0 Å². The summed E-state index contributed by atoms with van der Waals surface area (Å²) in [5.74, 6) is 0.648. The van der Waals surface area contributed by atoms with Crippen LogP contribution in [0.4, 0.5) is 5.69 Å². The average molecular weight is 282 g/mol. The molecule has 0 amide bonds. The highest BCUT2D eigenvalue weighted by Gasteiger charge is 2.09. The van der Waals surface area contributed by atoms with E-state index in [1.807, 2.05) is 54.6 Å². The van der Waals surface area contributed by atoms with Crippen LogP contribution in [0.2, 0.25) is 5.02 Å². The summed E-state index contributed by atoms with van der Waals surface area (Å²) >= 11 is 6.02. The minimum atomic E-state index is 0.534. The fourth-order valence-electron chi connectivity index (χ4n) is 1.98. The van der Waals surface area contributed by atoms with Gasteiger partial charge in [-0.15, -0.1) is 0 Å². The minimum Gasteiger partial charge on any atom is -0.396 e. The number of aromatic nitrogens is 2. The van der Waals surface area contributed by atoms with Crippen LogP contribution in [0.1, 0.15) is 0 Å². The molecule has 2 N–H and O–H groups in total. The minimum absolute atomic E-state index is 0.534. The molecule has 0 aliphatic rings. The third kappa shape index (κ3) is 2.49. The largest absolute Gasteiger partial charge is 0.396 e. The normalized spacial score (nSPS) is 10.4. The van der Waals surface area contributed by atoms with Crippen molar-refractivity contribution in [3.63, 3.8) is 0 Å². The van der Waals surface area contributed by atoms with Gasteiger partial charge in [-0.3, -0.25) is 0 Å². The van der Waals surface area contributed by atoms with E-state index in [-0.39, 0.29) is 0 Å². The maximum Gasteiger partial charge on any atom is 0.159 e. The topological polar surface area (TPSA) is 51.8 Å². The van der Waals surface area contributed by atoms with E-state index < -0.39 is 0 Å². The highest BCUT2D eigenvalue weighted by atomic mass is 35.5. The summed E-state index contributed by atoms with van der Waals surface area (Å²) < 4.78 is 0. The summed E-state index contributed by atoms with van der Waals surface area (Å²) in [6.45, 7) is 0. The van der Waals surface area contributed by atoms with Gasteiger partial charge in [0.15, 0.2) is 5.82 Å². The van der Waals surface area contributed by atoms with Gasteiger partial charge in [-0.25, -0.2) is 9.97 Å². The van der Waals surface area contributed by atoms with E-state index in [9.17, 15) is 0 Å². The monoisotopic (exact) mass is 281 g/mol. The maximum atomic E-state index is 6.02. The molecular formula is C16H12ClN3. The lowest BCUT2D eigenvalue weighted by molar-refractivity contribution is 1.18. The standard InChI is InChI=1S/C16H12ClN3/c17-13-8-4-7-12(9-13)15-14(18)10-19-16(20-15)11-5-2-1-3-6-11/h1-10H,18H2. The molecule has 3 rings (SSSR count). The van der Waals surface area contributed by atoms with Gasteiger partial charge < -0.3 is 5.73 Å². The van der Waals surface area contributed by atoms with Crippen molar-refractivity contribution in [1.82, 2.24) is 9.97 Å². The van der Waals surface area contributed by atoms with Crippen LogP contribution in [0.25, 0.3) is 22.6 Å². The number of hydrogen-bond acceptors (Lipinski definition) is 3. The molecule has 1 heterocycles. The van der Waals surface area contributed by atoms with Crippen molar-refractivity contribution in [2.24, 2.45) is 0 Å². The molecule has 20 heavy (non-hydrogen) atoms. The van der Waals surface area contributed by atoms with Gasteiger partial charge in [0.05, 0.1) is 17.6 Å². The molecule has 0 saturated carbocycles. The van der Waals surface area contributed by atoms with Crippen LogP contribution in [-0.2, 0) is 0 Å². The summed E-state index contributed by atoms with van der Waals surface area (Å²) in [5.41, 5.74) is 9.05. The van der Waals surface area contributed by atoms with E-state index in [0.717, 1.165) is 11.1 Å². The number of benzene rings is 2. The van der Waals surface area contributed by atoms with Crippen molar-refractivity contribution >= 4 is 17.3 Å². The van der Waals surface area contributed by atoms with Crippen molar-refractivity contribution in [3.05, 3.63) is 65.8 Å². The first kappa shape index (κ1) is 12.6. The third-order valence-corrected chi connectivity index (χ3v) is 3.18. The van der Waals surface area contributed by atoms with E-state index >= 15 is 0 Å². The summed E-state index contributed by atoms with van der Waals surface area (Å²) in [4.78, 5) is 8.85. The maximum absolute atomic E-state index is 6.02. The van der Waals surface area contributed by atoms with Crippen molar-refractivity contribution in [1.29, 1.82) is 0 Å². The van der Waals surface area contributed by atoms with E-state index in [0.29, 0.717) is 22.2 Å². The number of hydrogen-bond donors (Lipinski definition) is 1. The van der Waals surface area contributed by atoms with Crippen LogP contribution < -0.4 is 5.73 Å². The first-order valence-corrected chi connectivity index (χ1v) is 6.56. The average Bonchev–Trinajstić information content (AvgIpc) is 2.48. The SMILES string of the molecule is Nc1cnc(-c2ccccc2)nc1-c1cccc(Cl)c1. The molecule has 0 bridgehead atoms. The Kier molecular flexibility index (Phi) is 3.35. The summed E-state index contributed by atoms with van der Waals surface area (Å²) in [5, 5.41) is 0.654. The van der Waals surface area contributed by atoms with Crippen LogP contribution in [-0.4, -0.2) is 9.97 Å². The highest BCUT2D eigenvalue weighted by molar-refractivity contribution is 6.30. The number of anilines is 1. The Labute approximate surface area is 122 Å². The lowest BCUT2D eigenvalue weighted by atomic mass is 10.1. The van der Waals surface area contributed by atoms with Gasteiger partial charge in [0.25, 0.3) is 0 Å². The predicted molar refractivity (Wildman–Crippen MR) is 82.3 cm³/mol. The van der Waals surface area contributed by atoms with Gasteiger partial charge in [-0.1, -0.05) is 54.1 Å². The Bertz CT molecular complexity index is 742. The molecule has 0 unspecified atom stereocenters. The second-order valence-electron chi connectivity index (χ2n) is 4.37. The third-order valence-electron chi connectivity index (χ3n) is 2.95. The summed E-state index contributed by atoms with van der Waals surface area (Å²) in [6.07, 6.45) is 1.63. The molecular weight excluding hydrogens is 270 g/mol. The van der Waals surface area contributed by atoms with Crippen LogP contribution in [0.5, 0.6) is 0 Å². The second-order valence-corrected chi connectivity index (χ2v) is 4.81. The summed E-state index contributed by atoms with van der Waals surface area (Å²) in [7, 11) is 0. The van der Waals surface area contributed by atoms with Crippen molar-refractivity contribution < 1.29 is 0 Å². The molecule has 0 aliphatic carbocycles. The van der Waals surface area contributed by atoms with E-state index in [4.69, 9.17) is 17.3 Å². The molecule has 1 aromatic heterocycles. The van der Waals surface area contributed by atoms with Crippen molar-refractivity contribution in [2.75, 3.05) is 5.73 Å². The first-order chi connectivity index (χ1) is 9.74. The number of nitrogens with two attached hydrogens (primary N) is 1. The lowest BCUT2D eigenvalue weighted by Crippen LogP contribution is -1.98. The molecule has 0 saturated heterocycles. The second kappa shape index (κ2) is 5.31. The molecule has 98 valence electrons. The number of halogens is 1. The Balaban J connectivity index is 2.12. The molecule has 3 aromatic rings. The van der Waals surface area contributed by atoms with Crippen LogP contribution in [0, 0.1) is 0 Å². The molecule has 0 radical (unpaired) electrons. The van der Waals surface area contributed by atoms with E-state index in [1.54, 1.807) is 6.20 Å². The molecule has 4 heteroatoms. The zero-order valence-electron chi connectivity index (χ0n) is 10.6. The van der Waals surface area contributed by atoms with Gasteiger partial charge in [0.2, 0.25) is 0 Å². The number of nitrogens with zero attached hydrogens (tertiary/aromatic N) is 2. The van der Waals surface area contributed by atoms with Crippen molar-refractivity contribution in [2.45, 2.75) is 0 Å². The highest BCUT2D eigenvalue weighted by Crippen LogP contribution is 2.27. The van der Waals surface area contributed by atoms with Gasteiger partial charge in [-0.05, 0) is 12.1 Å². The molecule has 0 fully saturated rings. The lowest BCUT2D eigenvalue weighted by Gasteiger charge is -2.07. The van der Waals surface area contributed by atoms with Crippen LogP contribution in [0.3, 0.4) is 0 Å². The van der Waals surface area contributed by atoms with Gasteiger partial charge >= 0.3 is 0 Å². The molecule has 0 aliphatic heterocycles. The first-order valence-electron chi connectivity index (χ1n) is 6.18. The fourth-order valence-corrected chi connectivity index (χ4v) is 2.17. The van der Waals surface area contributed by atoms with Crippen LogP contribution >= 0.6 is 11.6 Å². The number of nitrogen functional groups attached to an aromatic ring is 1. The smallest absolute Gasteiger partial charge is 0.159 e. The molecule has 3 nitrogen and oxygen atoms in total. The zero-order valence-corrected chi connectivity index (χ0v) is 11.4. The number of rotatable bonds is 2.